The van der Waals surface area contributed by atoms with E-state index in [-0.39, 0.29) is 0 Å². The van der Waals surface area contributed by atoms with E-state index < -0.39 is 0 Å². The van der Waals surface area contributed by atoms with Gasteiger partial charge in [0, 0.05) is 10.0 Å². The maximum absolute atomic E-state index is 4.27. The number of halogens is 1. The third kappa shape index (κ3) is 2.89. The van der Waals surface area contributed by atoms with Crippen molar-refractivity contribution in [1.29, 1.82) is 0 Å². The van der Waals surface area contributed by atoms with Gasteiger partial charge >= 0.3 is 0 Å². The van der Waals surface area contributed by atoms with E-state index in [1.165, 1.54) is 10.8 Å². The van der Waals surface area contributed by atoms with Crippen LogP contribution in [-0.4, -0.2) is 6.21 Å². The van der Waals surface area contributed by atoms with Crippen LogP contribution in [0.4, 0.5) is 5.69 Å². The zero-order valence-electron chi connectivity index (χ0n) is 10.8. The molecule has 3 heteroatoms. The summed E-state index contributed by atoms with van der Waals surface area (Å²) in [7, 11) is 0. The molecule has 0 bridgehead atoms. The highest BCUT2D eigenvalue weighted by molar-refractivity contribution is 9.10. The van der Waals surface area contributed by atoms with Crippen LogP contribution in [0.15, 0.2) is 76.3 Å². The SMILES string of the molecule is Brc1ccccc1C=NNc1ccc2ccccc2c1. The lowest BCUT2D eigenvalue weighted by atomic mass is 10.1. The minimum absolute atomic E-state index is 0.979. The number of rotatable bonds is 3. The Bertz CT molecular complexity index is 766. The smallest absolute Gasteiger partial charge is 0.0568 e. The lowest BCUT2D eigenvalue weighted by Gasteiger charge is -2.03. The number of fused-ring (bicyclic) bond motifs is 1. The molecule has 0 radical (unpaired) electrons. The van der Waals surface area contributed by atoms with Gasteiger partial charge in [0.2, 0.25) is 0 Å². The number of nitrogens with one attached hydrogen (secondary N) is 1. The Morgan fingerprint density at radius 3 is 2.45 bits per heavy atom. The molecule has 0 heterocycles. The zero-order valence-corrected chi connectivity index (χ0v) is 12.3. The number of hydrazone groups is 1. The van der Waals surface area contributed by atoms with Crippen molar-refractivity contribution in [3.8, 4) is 0 Å². The highest BCUT2D eigenvalue weighted by Crippen LogP contribution is 2.19. The maximum Gasteiger partial charge on any atom is 0.0568 e. The molecule has 0 saturated carbocycles. The standard InChI is InChI=1S/C17H13BrN2/c18-17-8-4-3-7-15(17)12-19-20-16-10-9-13-5-1-2-6-14(13)11-16/h1-12,20H. The molecule has 0 fully saturated rings. The number of nitrogens with zero attached hydrogens (tertiary/aromatic N) is 1. The lowest BCUT2D eigenvalue weighted by molar-refractivity contribution is 1.35. The molecule has 0 aliphatic heterocycles. The van der Waals surface area contributed by atoms with Crippen LogP contribution in [-0.2, 0) is 0 Å². The molecule has 0 aliphatic rings. The second kappa shape index (κ2) is 5.88. The van der Waals surface area contributed by atoms with E-state index in [1.807, 2.05) is 42.5 Å². The summed E-state index contributed by atoms with van der Waals surface area (Å²) in [6.07, 6.45) is 1.80. The summed E-state index contributed by atoms with van der Waals surface area (Å²) in [5, 5.41) is 6.71. The van der Waals surface area contributed by atoms with E-state index in [9.17, 15) is 0 Å². The topological polar surface area (TPSA) is 24.4 Å². The molecule has 0 atom stereocenters. The molecular formula is C17H13BrN2. The number of hydrogen-bond donors (Lipinski definition) is 1. The molecule has 3 aromatic carbocycles. The van der Waals surface area contributed by atoms with Gasteiger partial charge in [-0.3, -0.25) is 5.43 Å². The van der Waals surface area contributed by atoms with Crippen LogP contribution in [0.2, 0.25) is 0 Å². The molecule has 0 aromatic heterocycles. The molecule has 1 N–H and O–H groups in total. The van der Waals surface area contributed by atoms with Crippen LogP contribution in [0.1, 0.15) is 5.56 Å². The van der Waals surface area contributed by atoms with Crippen LogP contribution < -0.4 is 5.43 Å². The normalized spacial score (nSPS) is 11.1. The quantitative estimate of drug-likeness (QED) is 0.529. The molecule has 0 aliphatic carbocycles. The van der Waals surface area contributed by atoms with Crippen molar-refractivity contribution in [2.45, 2.75) is 0 Å². The predicted molar refractivity (Wildman–Crippen MR) is 89.3 cm³/mol. The van der Waals surface area contributed by atoms with E-state index in [0.717, 1.165) is 15.7 Å². The summed E-state index contributed by atoms with van der Waals surface area (Å²) in [5.41, 5.74) is 5.08. The van der Waals surface area contributed by atoms with E-state index in [4.69, 9.17) is 0 Å². The number of benzene rings is 3. The van der Waals surface area contributed by atoms with Gasteiger partial charge < -0.3 is 0 Å². The molecule has 0 unspecified atom stereocenters. The fraction of sp³-hybridized carbons (Fsp3) is 0. The first-order valence-electron chi connectivity index (χ1n) is 6.35. The second-order valence-electron chi connectivity index (χ2n) is 4.45. The van der Waals surface area contributed by atoms with E-state index in [1.54, 1.807) is 6.21 Å². The number of hydrogen-bond acceptors (Lipinski definition) is 2. The first kappa shape index (κ1) is 12.9. The Morgan fingerprint density at radius 1 is 0.850 bits per heavy atom. The largest absolute Gasteiger partial charge is 0.278 e. The molecule has 2 nitrogen and oxygen atoms in total. The summed E-state index contributed by atoms with van der Waals surface area (Å²) in [5.74, 6) is 0. The summed E-state index contributed by atoms with van der Waals surface area (Å²) in [6.45, 7) is 0. The molecule has 3 rings (SSSR count). The minimum atomic E-state index is 0.979. The van der Waals surface area contributed by atoms with Crippen LogP contribution in [0.5, 0.6) is 0 Å². The van der Waals surface area contributed by atoms with Gasteiger partial charge in [0.15, 0.2) is 0 Å². The summed E-state index contributed by atoms with van der Waals surface area (Å²) >= 11 is 3.50. The highest BCUT2D eigenvalue weighted by atomic mass is 79.9. The van der Waals surface area contributed by atoms with Crippen molar-refractivity contribution in [2.24, 2.45) is 5.10 Å². The molecule has 3 aromatic rings. The van der Waals surface area contributed by atoms with E-state index in [2.05, 4.69) is 50.7 Å². The van der Waals surface area contributed by atoms with Crippen molar-refractivity contribution in [2.75, 3.05) is 5.43 Å². The van der Waals surface area contributed by atoms with E-state index >= 15 is 0 Å². The average molecular weight is 325 g/mol. The van der Waals surface area contributed by atoms with Crippen molar-refractivity contribution in [3.63, 3.8) is 0 Å². The summed E-state index contributed by atoms with van der Waals surface area (Å²) in [6, 6.07) is 22.5. The summed E-state index contributed by atoms with van der Waals surface area (Å²) in [4.78, 5) is 0. The molecule has 0 saturated heterocycles. The lowest BCUT2D eigenvalue weighted by Crippen LogP contribution is -1.91. The van der Waals surface area contributed by atoms with Crippen molar-refractivity contribution in [3.05, 3.63) is 76.8 Å². The third-order valence-electron chi connectivity index (χ3n) is 3.05. The number of anilines is 1. The molecular weight excluding hydrogens is 312 g/mol. The van der Waals surface area contributed by atoms with Gasteiger partial charge in [-0.2, -0.15) is 5.10 Å². The summed E-state index contributed by atoms with van der Waals surface area (Å²) < 4.78 is 1.03. The Labute approximate surface area is 126 Å². The first-order valence-corrected chi connectivity index (χ1v) is 7.15. The van der Waals surface area contributed by atoms with Crippen molar-refractivity contribution >= 4 is 38.6 Å². The maximum atomic E-state index is 4.27. The zero-order chi connectivity index (χ0) is 13.8. The van der Waals surface area contributed by atoms with Gasteiger partial charge in [-0.15, -0.1) is 0 Å². The van der Waals surface area contributed by atoms with Gasteiger partial charge in [-0.05, 0) is 29.0 Å². The van der Waals surface area contributed by atoms with Crippen molar-refractivity contribution < 1.29 is 0 Å². The van der Waals surface area contributed by atoms with Gasteiger partial charge in [0.25, 0.3) is 0 Å². The predicted octanol–water partition coefficient (Wildman–Crippen LogP) is 5.05. The van der Waals surface area contributed by atoms with Crippen molar-refractivity contribution in [1.82, 2.24) is 0 Å². The first-order chi connectivity index (χ1) is 9.83. The van der Waals surface area contributed by atoms with Gasteiger partial charge in [0.1, 0.15) is 0 Å². The third-order valence-corrected chi connectivity index (χ3v) is 3.77. The second-order valence-corrected chi connectivity index (χ2v) is 5.31. The fourth-order valence-corrected chi connectivity index (χ4v) is 2.40. The fourth-order valence-electron chi connectivity index (χ4n) is 2.02. The van der Waals surface area contributed by atoms with Crippen LogP contribution in [0.3, 0.4) is 0 Å². The Morgan fingerprint density at radius 2 is 1.60 bits per heavy atom. The Kier molecular flexibility index (Phi) is 3.79. The van der Waals surface area contributed by atoms with Crippen LogP contribution in [0.25, 0.3) is 10.8 Å². The van der Waals surface area contributed by atoms with Gasteiger partial charge in [0.05, 0.1) is 11.9 Å². The Balaban J connectivity index is 1.78. The van der Waals surface area contributed by atoms with E-state index in [0.29, 0.717) is 0 Å². The molecule has 98 valence electrons. The monoisotopic (exact) mass is 324 g/mol. The molecule has 0 spiro atoms. The van der Waals surface area contributed by atoms with Crippen LogP contribution in [0, 0.1) is 0 Å². The molecule has 20 heavy (non-hydrogen) atoms. The highest BCUT2D eigenvalue weighted by Gasteiger charge is 1.95. The van der Waals surface area contributed by atoms with Gasteiger partial charge in [-0.25, -0.2) is 0 Å². The average Bonchev–Trinajstić information content (AvgIpc) is 2.49. The molecule has 0 amide bonds. The van der Waals surface area contributed by atoms with Gasteiger partial charge in [-0.1, -0.05) is 64.5 Å². The minimum Gasteiger partial charge on any atom is -0.278 e. The van der Waals surface area contributed by atoms with Crippen LogP contribution >= 0.6 is 15.9 Å². The Hall–Kier alpha value is -2.13.